The van der Waals surface area contributed by atoms with Gasteiger partial charge in [0.15, 0.2) is 0 Å². The second-order valence-corrected chi connectivity index (χ2v) is 9.23. The van der Waals surface area contributed by atoms with Crippen LogP contribution in [0.1, 0.15) is 43.7 Å². The molecule has 2 N–H and O–H groups in total. The molecule has 0 spiro atoms. The summed E-state index contributed by atoms with van der Waals surface area (Å²) in [4.78, 5) is 39.9. The number of nitrogens with zero attached hydrogens (tertiary/aromatic N) is 4. The van der Waals surface area contributed by atoms with Gasteiger partial charge in [-0.15, -0.1) is 11.3 Å². The third kappa shape index (κ3) is 6.09. The van der Waals surface area contributed by atoms with E-state index in [1.165, 1.54) is 18.6 Å². The highest BCUT2D eigenvalue weighted by molar-refractivity contribution is 7.13. The Labute approximate surface area is 212 Å². The zero-order valence-corrected chi connectivity index (χ0v) is 20.4. The minimum absolute atomic E-state index is 0.0622. The number of nitrogens with one attached hydrogen (secondary N) is 2. The number of amides is 2. The Balaban J connectivity index is 1.40. The number of hydrogen-bond donors (Lipinski definition) is 2. The zero-order valence-electron chi connectivity index (χ0n) is 18.8. The normalized spacial score (nSPS) is 14.9. The van der Waals surface area contributed by atoms with Gasteiger partial charge in [0, 0.05) is 24.8 Å². The van der Waals surface area contributed by atoms with E-state index in [2.05, 4.69) is 25.6 Å². The molecule has 3 heterocycles. The van der Waals surface area contributed by atoms with Gasteiger partial charge in [0.2, 0.25) is 0 Å². The molecule has 1 saturated heterocycles. The van der Waals surface area contributed by atoms with Crippen LogP contribution in [-0.4, -0.2) is 53.1 Å². The Morgan fingerprint density at radius 2 is 1.89 bits per heavy atom. The molecule has 14 heteroatoms. The van der Waals surface area contributed by atoms with Gasteiger partial charge in [-0.3, -0.25) is 9.59 Å². The quantitative estimate of drug-likeness (QED) is 0.482. The number of hydrogen-bond acceptors (Lipinski definition) is 8. The smallest absolute Gasteiger partial charge is 0.378 e. The molecule has 2 amide bonds. The number of ether oxygens (including phenoxy) is 1. The van der Waals surface area contributed by atoms with Crippen LogP contribution in [0.2, 0.25) is 5.02 Å². The fourth-order valence-corrected chi connectivity index (χ4v) is 4.41. The SMILES string of the molecule is C[C@H](NC(=O)c1cc(N2CCOCC2)ncn1)c1ncc(C(=O)Nc2ccc(Cl)c(C(F)(F)F)c2)s1. The number of aromatic nitrogens is 3. The van der Waals surface area contributed by atoms with Gasteiger partial charge in [-0.25, -0.2) is 15.0 Å². The molecule has 2 aromatic heterocycles. The van der Waals surface area contributed by atoms with Crippen molar-refractivity contribution in [1.82, 2.24) is 20.3 Å². The van der Waals surface area contributed by atoms with Crippen molar-refractivity contribution in [1.29, 1.82) is 0 Å². The summed E-state index contributed by atoms with van der Waals surface area (Å²) in [6.45, 7) is 4.16. The molecule has 0 unspecified atom stereocenters. The van der Waals surface area contributed by atoms with Crippen molar-refractivity contribution in [2.24, 2.45) is 0 Å². The molecule has 190 valence electrons. The second-order valence-electron chi connectivity index (χ2n) is 7.77. The Kier molecular flexibility index (Phi) is 7.71. The predicted octanol–water partition coefficient (Wildman–Crippen LogP) is 4.19. The van der Waals surface area contributed by atoms with Crippen molar-refractivity contribution >= 4 is 46.3 Å². The summed E-state index contributed by atoms with van der Waals surface area (Å²) in [5.41, 5.74) is -0.936. The van der Waals surface area contributed by atoms with E-state index in [-0.39, 0.29) is 16.3 Å². The summed E-state index contributed by atoms with van der Waals surface area (Å²) < 4.78 is 44.5. The second kappa shape index (κ2) is 10.8. The lowest BCUT2D eigenvalue weighted by molar-refractivity contribution is -0.137. The first-order chi connectivity index (χ1) is 17.1. The van der Waals surface area contributed by atoms with Crippen LogP contribution in [0.25, 0.3) is 0 Å². The molecule has 9 nitrogen and oxygen atoms in total. The van der Waals surface area contributed by atoms with E-state index >= 15 is 0 Å². The molecule has 0 bridgehead atoms. The molecule has 1 aliphatic heterocycles. The van der Waals surface area contributed by atoms with Crippen molar-refractivity contribution in [3.63, 3.8) is 0 Å². The number of carbonyl (C=O) groups excluding carboxylic acids is 2. The van der Waals surface area contributed by atoms with Crippen molar-refractivity contribution < 1.29 is 27.5 Å². The average molecular weight is 541 g/mol. The number of anilines is 2. The zero-order chi connectivity index (χ0) is 25.9. The molecule has 0 aliphatic carbocycles. The number of thiazole rings is 1. The van der Waals surface area contributed by atoms with E-state index in [9.17, 15) is 22.8 Å². The lowest BCUT2D eigenvalue weighted by Crippen LogP contribution is -2.37. The Morgan fingerprint density at radius 1 is 1.14 bits per heavy atom. The van der Waals surface area contributed by atoms with E-state index in [1.54, 1.807) is 13.0 Å². The van der Waals surface area contributed by atoms with Gasteiger partial charge in [0.1, 0.15) is 27.7 Å². The molecule has 4 rings (SSSR count). The fourth-order valence-electron chi connectivity index (χ4n) is 3.37. The van der Waals surface area contributed by atoms with Crippen LogP contribution in [0, 0.1) is 0 Å². The van der Waals surface area contributed by atoms with Gasteiger partial charge in [0.05, 0.1) is 36.0 Å². The van der Waals surface area contributed by atoms with Gasteiger partial charge >= 0.3 is 6.18 Å². The van der Waals surface area contributed by atoms with Crippen LogP contribution >= 0.6 is 22.9 Å². The first-order valence-corrected chi connectivity index (χ1v) is 11.9. The van der Waals surface area contributed by atoms with Crippen LogP contribution in [0.3, 0.4) is 0 Å². The summed E-state index contributed by atoms with van der Waals surface area (Å²) in [7, 11) is 0. The van der Waals surface area contributed by atoms with Crippen LogP contribution in [0.15, 0.2) is 36.8 Å². The molecule has 1 aromatic carbocycles. The topological polar surface area (TPSA) is 109 Å². The number of carbonyl (C=O) groups is 2. The predicted molar refractivity (Wildman–Crippen MR) is 127 cm³/mol. The summed E-state index contributed by atoms with van der Waals surface area (Å²) in [6.07, 6.45) is -2.05. The van der Waals surface area contributed by atoms with E-state index < -0.39 is 34.6 Å². The average Bonchev–Trinajstić information content (AvgIpc) is 3.36. The lowest BCUT2D eigenvalue weighted by Gasteiger charge is -2.27. The molecule has 1 atom stereocenters. The van der Waals surface area contributed by atoms with E-state index in [1.807, 2.05) is 4.90 Å². The summed E-state index contributed by atoms with van der Waals surface area (Å²) >= 11 is 6.62. The standard InChI is InChI=1S/C22H20ClF3N6O3S/c1-12(30-19(33)16-9-18(29-11-28-16)32-4-6-35-7-5-32)21-27-10-17(36-21)20(34)31-13-2-3-15(23)14(8-13)22(24,25)26/h2-3,8-12H,4-7H2,1H3,(H,30,33)(H,31,34)/t12-/m0/s1. The Hall–Kier alpha value is -3.29. The third-order valence-corrected chi connectivity index (χ3v) is 6.72. The fraction of sp³-hybridized carbons (Fsp3) is 0.318. The minimum Gasteiger partial charge on any atom is -0.378 e. The number of benzene rings is 1. The summed E-state index contributed by atoms with van der Waals surface area (Å²) in [5, 5.41) is 5.15. The van der Waals surface area contributed by atoms with E-state index in [0.717, 1.165) is 23.5 Å². The molecule has 1 aliphatic rings. The minimum atomic E-state index is -4.66. The van der Waals surface area contributed by atoms with Crippen molar-refractivity contribution in [2.75, 3.05) is 36.5 Å². The first-order valence-electron chi connectivity index (χ1n) is 10.7. The van der Waals surface area contributed by atoms with E-state index in [0.29, 0.717) is 37.1 Å². The Morgan fingerprint density at radius 3 is 2.61 bits per heavy atom. The van der Waals surface area contributed by atoms with Crippen LogP contribution < -0.4 is 15.5 Å². The summed E-state index contributed by atoms with van der Waals surface area (Å²) in [6, 6.07) is 4.13. The Bertz CT molecular complexity index is 1270. The summed E-state index contributed by atoms with van der Waals surface area (Å²) in [5.74, 6) is -0.463. The van der Waals surface area contributed by atoms with Crippen molar-refractivity contribution in [3.05, 3.63) is 63.0 Å². The van der Waals surface area contributed by atoms with Crippen molar-refractivity contribution in [3.8, 4) is 0 Å². The van der Waals surface area contributed by atoms with Crippen LogP contribution in [-0.2, 0) is 10.9 Å². The highest BCUT2D eigenvalue weighted by Gasteiger charge is 2.33. The molecule has 0 radical (unpaired) electrons. The first kappa shape index (κ1) is 25.8. The highest BCUT2D eigenvalue weighted by atomic mass is 35.5. The van der Waals surface area contributed by atoms with Crippen LogP contribution in [0.5, 0.6) is 0 Å². The van der Waals surface area contributed by atoms with Crippen molar-refractivity contribution in [2.45, 2.75) is 19.1 Å². The third-order valence-electron chi connectivity index (χ3n) is 5.22. The number of morpholine rings is 1. The molecule has 3 aromatic rings. The molecule has 0 saturated carbocycles. The van der Waals surface area contributed by atoms with Gasteiger partial charge in [0.25, 0.3) is 11.8 Å². The lowest BCUT2D eigenvalue weighted by atomic mass is 10.2. The monoisotopic (exact) mass is 540 g/mol. The maximum Gasteiger partial charge on any atom is 0.417 e. The molecule has 1 fully saturated rings. The molecular formula is C22H20ClF3N6O3S. The highest BCUT2D eigenvalue weighted by Crippen LogP contribution is 2.36. The van der Waals surface area contributed by atoms with E-state index in [4.69, 9.17) is 16.3 Å². The van der Waals surface area contributed by atoms with Gasteiger partial charge < -0.3 is 20.3 Å². The number of rotatable bonds is 6. The van der Waals surface area contributed by atoms with Crippen LogP contribution in [0.4, 0.5) is 24.7 Å². The largest absolute Gasteiger partial charge is 0.417 e. The maximum atomic E-state index is 13.1. The molecular weight excluding hydrogens is 521 g/mol. The van der Waals surface area contributed by atoms with Gasteiger partial charge in [-0.05, 0) is 25.1 Å². The maximum absolute atomic E-state index is 13.1. The van der Waals surface area contributed by atoms with Gasteiger partial charge in [-0.1, -0.05) is 11.6 Å². The van der Waals surface area contributed by atoms with Gasteiger partial charge in [-0.2, -0.15) is 13.2 Å². The molecule has 36 heavy (non-hydrogen) atoms. The number of halogens is 4. The number of alkyl halides is 3.